The van der Waals surface area contributed by atoms with E-state index in [0.29, 0.717) is 17.7 Å². The molecule has 0 aromatic heterocycles. The van der Waals surface area contributed by atoms with Gasteiger partial charge in [0.05, 0.1) is 7.11 Å². The second-order valence-electron chi connectivity index (χ2n) is 3.62. The first-order valence-corrected chi connectivity index (χ1v) is 6.56. The van der Waals surface area contributed by atoms with Crippen LogP contribution in [0.1, 0.15) is 29.3 Å². The summed E-state index contributed by atoms with van der Waals surface area (Å²) in [5.74, 6) is 5.66. The van der Waals surface area contributed by atoms with E-state index in [1.165, 1.54) is 37.9 Å². The van der Waals surface area contributed by atoms with Gasteiger partial charge < -0.3 is 9.84 Å². The van der Waals surface area contributed by atoms with Crippen LogP contribution in [0.25, 0.3) is 0 Å². The van der Waals surface area contributed by atoms with Crippen LogP contribution in [0.5, 0.6) is 5.75 Å². The zero-order valence-corrected chi connectivity index (χ0v) is 11.5. The summed E-state index contributed by atoms with van der Waals surface area (Å²) in [7, 11) is 1.25. The van der Waals surface area contributed by atoms with Gasteiger partial charge in [0, 0.05) is 24.7 Å². The fourth-order valence-electron chi connectivity index (χ4n) is 1.30. The van der Waals surface area contributed by atoms with E-state index in [9.17, 15) is 14.7 Å². The lowest BCUT2D eigenvalue weighted by Crippen LogP contribution is -2.01. The van der Waals surface area contributed by atoms with Crippen molar-refractivity contribution in [2.24, 2.45) is 0 Å². The van der Waals surface area contributed by atoms with Crippen molar-refractivity contribution in [3.63, 3.8) is 0 Å². The lowest BCUT2D eigenvalue weighted by molar-refractivity contribution is -0.109. The van der Waals surface area contributed by atoms with Gasteiger partial charge in [-0.2, -0.15) is 0 Å². The Kier molecular flexibility index (Phi) is 5.97. The number of ether oxygens (including phenoxy) is 1. The first-order chi connectivity index (χ1) is 9.04. The molecule has 0 aliphatic carbocycles. The van der Waals surface area contributed by atoms with Crippen molar-refractivity contribution in [3.05, 3.63) is 29.3 Å². The number of methoxy groups -OCH3 is 1. The Morgan fingerprint density at radius 1 is 1.42 bits per heavy atom. The third-order valence-corrected chi connectivity index (χ3v) is 2.98. The Hall–Kier alpha value is -1.93. The number of hydrogen-bond donors (Lipinski definition) is 1. The van der Waals surface area contributed by atoms with Gasteiger partial charge in [-0.1, -0.05) is 23.6 Å². The molecular weight excluding hydrogens is 264 g/mol. The average Bonchev–Trinajstić information content (AvgIpc) is 2.37. The number of phenolic OH excluding ortho intramolecular Hbond substituents is 1. The van der Waals surface area contributed by atoms with E-state index in [1.54, 1.807) is 6.07 Å². The van der Waals surface area contributed by atoms with Crippen molar-refractivity contribution in [1.29, 1.82) is 0 Å². The maximum absolute atomic E-state index is 11.3. The SMILES string of the molecule is COC(=O)c1ccc(C#CCCSC(C)=O)cc1O. The lowest BCUT2D eigenvalue weighted by Gasteiger charge is -2.02. The fraction of sp³-hybridized carbons (Fsp3) is 0.286. The quantitative estimate of drug-likeness (QED) is 0.521. The summed E-state index contributed by atoms with van der Waals surface area (Å²) in [6, 6.07) is 4.52. The lowest BCUT2D eigenvalue weighted by atomic mass is 10.1. The molecule has 1 aromatic carbocycles. The summed E-state index contributed by atoms with van der Waals surface area (Å²) in [5, 5.41) is 9.72. The molecule has 0 saturated heterocycles. The highest BCUT2D eigenvalue weighted by Crippen LogP contribution is 2.19. The number of rotatable bonds is 3. The molecule has 5 heteroatoms. The van der Waals surface area contributed by atoms with Crippen LogP contribution in [-0.4, -0.2) is 29.1 Å². The molecule has 0 spiro atoms. The second-order valence-corrected chi connectivity index (χ2v) is 4.89. The van der Waals surface area contributed by atoms with Gasteiger partial charge in [-0.3, -0.25) is 4.79 Å². The minimum absolute atomic E-state index is 0.0712. The molecule has 0 atom stereocenters. The molecule has 0 unspecified atom stereocenters. The monoisotopic (exact) mass is 278 g/mol. The van der Waals surface area contributed by atoms with Gasteiger partial charge in [-0.15, -0.1) is 0 Å². The van der Waals surface area contributed by atoms with E-state index in [0.717, 1.165) is 0 Å². The molecule has 1 aromatic rings. The number of esters is 1. The van der Waals surface area contributed by atoms with E-state index in [2.05, 4.69) is 16.6 Å². The molecule has 0 aliphatic rings. The summed E-state index contributed by atoms with van der Waals surface area (Å²) in [6.45, 7) is 1.52. The van der Waals surface area contributed by atoms with Gasteiger partial charge in [0.1, 0.15) is 11.3 Å². The first-order valence-electron chi connectivity index (χ1n) is 5.58. The number of benzene rings is 1. The smallest absolute Gasteiger partial charge is 0.341 e. The Morgan fingerprint density at radius 2 is 2.16 bits per heavy atom. The van der Waals surface area contributed by atoms with Gasteiger partial charge >= 0.3 is 5.97 Å². The molecule has 0 bridgehead atoms. The van der Waals surface area contributed by atoms with Crippen molar-refractivity contribution >= 4 is 22.8 Å². The summed E-state index contributed by atoms with van der Waals surface area (Å²) in [4.78, 5) is 21.9. The zero-order valence-electron chi connectivity index (χ0n) is 10.7. The van der Waals surface area contributed by atoms with Crippen LogP contribution in [0, 0.1) is 11.8 Å². The van der Waals surface area contributed by atoms with Crippen molar-refractivity contribution in [1.82, 2.24) is 0 Å². The third kappa shape index (κ3) is 5.06. The standard InChI is InChI=1S/C14H14O4S/c1-10(15)19-8-4-3-5-11-6-7-12(13(16)9-11)14(17)18-2/h6-7,9,16H,4,8H2,1-2H3. The zero-order chi connectivity index (χ0) is 14.3. The summed E-state index contributed by atoms with van der Waals surface area (Å²) in [5.41, 5.74) is 0.721. The minimum atomic E-state index is -0.588. The van der Waals surface area contributed by atoms with E-state index in [1.807, 2.05) is 0 Å². The normalized spacial score (nSPS) is 9.37. The van der Waals surface area contributed by atoms with Crippen molar-refractivity contribution in [3.8, 4) is 17.6 Å². The van der Waals surface area contributed by atoms with Crippen LogP contribution in [-0.2, 0) is 9.53 Å². The van der Waals surface area contributed by atoms with Crippen LogP contribution >= 0.6 is 11.8 Å². The predicted molar refractivity (Wildman–Crippen MR) is 74.1 cm³/mol. The number of thioether (sulfide) groups is 1. The molecule has 0 amide bonds. The minimum Gasteiger partial charge on any atom is -0.507 e. The first kappa shape index (κ1) is 15.1. The highest BCUT2D eigenvalue weighted by Gasteiger charge is 2.10. The van der Waals surface area contributed by atoms with E-state index < -0.39 is 5.97 Å². The molecule has 19 heavy (non-hydrogen) atoms. The van der Waals surface area contributed by atoms with Gasteiger partial charge in [0.25, 0.3) is 0 Å². The Bertz CT molecular complexity index is 540. The molecule has 0 heterocycles. The fourth-order valence-corrected chi connectivity index (χ4v) is 1.79. The maximum Gasteiger partial charge on any atom is 0.341 e. The van der Waals surface area contributed by atoms with Crippen LogP contribution < -0.4 is 0 Å². The van der Waals surface area contributed by atoms with Crippen LogP contribution in [0.3, 0.4) is 0 Å². The molecule has 4 nitrogen and oxygen atoms in total. The number of phenols is 1. The molecule has 0 radical (unpaired) electrons. The molecule has 0 saturated carbocycles. The van der Waals surface area contributed by atoms with Gasteiger partial charge in [-0.25, -0.2) is 4.79 Å². The van der Waals surface area contributed by atoms with Crippen molar-refractivity contribution < 1.29 is 19.4 Å². The Balaban J connectivity index is 2.66. The van der Waals surface area contributed by atoms with Crippen LogP contribution in [0.2, 0.25) is 0 Å². The van der Waals surface area contributed by atoms with Gasteiger partial charge in [0.15, 0.2) is 5.12 Å². The summed E-state index contributed by atoms with van der Waals surface area (Å²) < 4.78 is 4.52. The number of hydrogen-bond acceptors (Lipinski definition) is 5. The van der Waals surface area contributed by atoms with Crippen LogP contribution in [0.15, 0.2) is 18.2 Å². The largest absolute Gasteiger partial charge is 0.507 e. The molecule has 0 fully saturated rings. The molecule has 0 aliphatic heterocycles. The molecular formula is C14H14O4S. The van der Waals surface area contributed by atoms with E-state index >= 15 is 0 Å². The Morgan fingerprint density at radius 3 is 2.74 bits per heavy atom. The third-order valence-electron chi connectivity index (χ3n) is 2.17. The second kappa shape index (κ2) is 7.49. The number of carbonyl (C=O) groups is 2. The van der Waals surface area contributed by atoms with E-state index in [-0.39, 0.29) is 16.4 Å². The van der Waals surface area contributed by atoms with Crippen LogP contribution in [0.4, 0.5) is 0 Å². The number of carbonyl (C=O) groups excluding carboxylic acids is 2. The van der Waals surface area contributed by atoms with E-state index in [4.69, 9.17) is 0 Å². The molecule has 100 valence electrons. The van der Waals surface area contributed by atoms with Gasteiger partial charge in [-0.05, 0) is 18.2 Å². The van der Waals surface area contributed by atoms with Crippen molar-refractivity contribution in [2.75, 3.05) is 12.9 Å². The predicted octanol–water partition coefficient (Wildman–Crippen LogP) is 2.20. The average molecular weight is 278 g/mol. The summed E-state index contributed by atoms with van der Waals surface area (Å²) in [6.07, 6.45) is 0.587. The van der Waals surface area contributed by atoms with Gasteiger partial charge in [0.2, 0.25) is 0 Å². The molecule has 1 N–H and O–H groups in total. The van der Waals surface area contributed by atoms with Crippen molar-refractivity contribution in [2.45, 2.75) is 13.3 Å². The topological polar surface area (TPSA) is 63.6 Å². The maximum atomic E-state index is 11.3. The highest BCUT2D eigenvalue weighted by atomic mass is 32.2. The highest BCUT2D eigenvalue weighted by molar-refractivity contribution is 8.13. The Labute approximate surface area is 116 Å². The summed E-state index contributed by atoms with van der Waals surface area (Å²) >= 11 is 1.23. The molecule has 1 rings (SSSR count). The number of aromatic hydroxyl groups is 1.